The van der Waals surface area contributed by atoms with Crippen molar-refractivity contribution in [3.05, 3.63) is 28.9 Å². The molecule has 0 saturated heterocycles. The quantitative estimate of drug-likeness (QED) is 0.571. The molecule has 1 spiro atoms. The predicted molar refractivity (Wildman–Crippen MR) is 113 cm³/mol. The number of amides is 1. The topological polar surface area (TPSA) is 99.4 Å². The number of nitrogens with zero attached hydrogens (tertiary/aromatic N) is 3. The van der Waals surface area contributed by atoms with E-state index in [1.54, 1.807) is 0 Å². The third kappa shape index (κ3) is 3.77. The van der Waals surface area contributed by atoms with Crippen LogP contribution in [0.1, 0.15) is 36.4 Å². The van der Waals surface area contributed by atoms with Crippen LogP contribution in [0.25, 0.3) is 10.8 Å². The van der Waals surface area contributed by atoms with E-state index in [1.807, 2.05) is 32.0 Å². The van der Waals surface area contributed by atoms with Gasteiger partial charge in [-0.25, -0.2) is 4.98 Å². The second-order valence-electron chi connectivity index (χ2n) is 7.34. The van der Waals surface area contributed by atoms with E-state index >= 15 is 0 Å². The van der Waals surface area contributed by atoms with Gasteiger partial charge in [-0.3, -0.25) is 4.79 Å². The number of hydrogen-bond acceptors (Lipinski definition) is 9. The first-order valence-corrected chi connectivity index (χ1v) is 11.5. The van der Waals surface area contributed by atoms with Crippen LogP contribution in [0.3, 0.4) is 0 Å². The van der Waals surface area contributed by atoms with Gasteiger partial charge in [0, 0.05) is 24.6 Å². The van der Waals surface area contributed by atoms with E-state index in [4.69, 9.17) is 13.9 Å². The van der Waals surface area contributed by atoms with E-state index in [0.717, 1.165) is 47.0 Å². The molecule has 30 heavy (non-hydrogen) atoms. The molecule has 5 rings (SSSR count). The summed E-state index contributed by atoms with van der Waals surface area (Å²) in [4.78, 5) is 17.6. The molecule has 0 unspecified atom stereocenters. The van der Waals surface area contributed by atoms with Crippen molar-refractivity contribution in [1.29, 1.82) is 0 Å². The Balaban J connectivity index is 1.18. The van der Waals surface area contributed by atoms with E-state index in [1.165, 1.54) is 23.1 Å². The van der Waals surface area contributed by atoms with Crippen molar-refractivity contribution in [2.45, 2.75) is 50.5 Å². The van der Waals surface area contributed by atoms with Gasteiger partial charge >= 0.3 is 0 Å². The number of aryl methyl sites for hydroxylation is 2. The molecule has 1 fully saturated rings. The van der Waals surface area contributed by atoms with Crippen molar-refractivity contribution in [2.24, 2.45) is 0 Å². The fourth-order valence-electron chi connectivity index (χ4n) is 3.70. The van der Waals surface area contributed by atoms with Crippen molar-refractivity contribution in [3.8, 4) is 22.3 Å². The molecule has 0 bridgehead atoms. The van der Waals surface area contributed by atoms with E-state index in [0.29, 0.717) is 22.6 Å². The van der Waals surface area contributed by atoms with Gasteiger partial charge in [-0.2, -0.15) is 0 Å². The summed E-state index contributed by atoms with van der Waals surface area (Å²) in [6, 6.07) is 5.47. The summed E-state index contributed by atoms with van der Waals surface area (Å²) in [6.07, 6.45) is 4.00. The van der Waals surface area contributed by atoms with Crippen LogP contribution in [-0.2, 0) is 4.79 Å². The van der Waals surface area contributed by atoms with Crippen LogP contribution in [0.15, 0.2) is 27.8 Å². The molecule has 3 heterocycles. The van der Waals surface area contributed by atoms with Gasteiger partial charge in [-0.1, -0.05) is 11.8 Å². The average molecular weight is 445 g/mol. The number of nitrogens with one attached hydrogen (secondary N) is 1. The maximum Gasteiger partial charge on any atom is 0.277 e. The molecule has 156 valence electrons. The maximum atomic E-state index is 12.4. The minimum absolute atomic E-state index is 0.153. The molecule has 1 N–H and O–H groups in total. The highest BCUT2D eigenvalue weighted by atomic mass is 32.2. The molecular weight excluding hydrogens is 424 g/mol. The van der Waals surface area contributed by atoms with Crippen molar-refractivity contribution in [2.75, 3.05) is 11.1 Å². The van der Waals surface area contributed by atoms with Crippen molar-refractivity contribution in [1.82, 2.24) is 15.2 Å². The van der Waals surface area contributed by atoms with Crippen LogP contribution >= 0.6 is 23.1 Å². The highest BCUT2D eigenvalue weighted by Gasteiger charge is 2.44. The molecule has 1 aliphatic heterocycles. The lowest BCUT2D eigenvalue weighted by molar-refractivity contribution is -0.113. The van der Waals surface area contributed by atoms with Crippen LogP contribution in [0.5, 0.6) is 11.5 Å². The Kier molecular flexibility index (Phi) is 4.90. The van der Waals surface area contributed by atoms with Gasteiger partial charge in [-0.15, -0.1) is 21.5 Å². The SMILES string of the molecule is Cc1nc(C)c(-c2nnc(SCC(=O)Nc3ccc4c(c3)OC3(CCCC3)O4)o2)s1. The lowest BCUT2D eigenvalue weighted by Crippen LogP contribution is -2.34. The fourth-order valence-corrected chi connectivity index (χ4v) is 5.11. The molecule has 10 heteroatoms. The normalized spacial score (nSPS) is 16.3. The first-order chi connectivity index (χ1) is 14.5. The zero-order valence-corrected chi connectivity index (χ0v) is 18.2. The van der Waals surface area contributed by atoms with Gasteiger partial charge in [0.2, 0.25) is 5.91 Å². The largest absolute Gasteiger partial charge is 0.448 e. The summed E-state index contributed by atoms with van der Waals surface area (Å²) in [5, 5.41) is 12.3. The van der Waals surface area contributed by atoms with Crippen molar-refractivity contribution >= 4 is 34.7 Å². The van der Waals surface area contributed by atoms with Gasteiger partial charge < -0.3 is 19.2 Å². The minimum atomic E-state index is -0.508. The van der Waals surface area contributed by atoms with E-state index in [2.05, 4.69) is 20.5 Å². The number of fused-ring (bicyclic) bond motifs is 1. The predicted octanol–water partition coefficient (Wildman–Crippen LogP) is 4.58. The lowest BCUT2D eigenvalue weighted by Gasteiger charge is -2.21. The third-order valence-electron chi connectivity index (χ3n) is 5.02. The number of hydrogen-bond donors (Lipinski definition) is 1. The minimum Gasteiger partial charge on any atom is -0.448 e. The zero-order valence-electron chi connectivity index (χ0n) is 16.6. The van der Waals surface area contributed by atoms with Gasteiger partial charge in [0.25, 0.3) is 16.9 Å². The number of rotatable bonds is 5. The Morgan fingerprint density at radius 2 is 2.00 bits per heavy atom. The number of aromatic nitrogens is 3. The summed E-state index contributed by atoms with van der Waals surface area (Å²) in [5.74, 6) is 1.32. The standard InChI is InChI=1S/C20H20N4O4S2/c1-11-17(30-12(2)21-11)18-23-24-19(26-18)29-10-16(25)22-13-5-6-14-15(9-13)28-20(27-14)7-3-4-8-20/h5-6,9H,3-4,7-8,10H2,1-2H3,(H,22,25). The van der Waals surface area contributed by atoms with E-state index < -0.39 is 5.79 Å². The smallest absolute Gasteiger partial charge is 0.277 e. The fraction of sp³-hybridized carbons (Fsp3) is 0.400. The number of carbonyl (C=O) groups is 1. The molecule has 0 radical (unpaired) electrons. The van der Waals surface area contributed by atoms with Gasteiger partial charge in [0.1, 0.15) is 4.88 Å². The average Bonchev–Trinajstić information content (AvgIpc) is 3.48. The maximum absolute atomic E-state index is 12.4. The second-order valence-corrected chi connectivity index (χ2v) is 9.47. The summed E-state index contributed by atoms with van der Waals surface area (Å²) >= 11 is 2.70. The highest BCUT2D eigenvalue weighted by Crippen LogP contribution is 2.47. The molecular formula is C20H20N4O4S2. The summed E-state index contributed by atoms with van der Waals surface area (Å²) < 4.78 is 17.7. The van der Waals surface area contributed by atoms with Crippen LogP contribution < -0.4 is 14.8 Å². The van der Waals surface area contributed by atoms with Crippen molar-refractivity contribution in [3.63, 3.8) is 0 Å². The van der Waals surface area contributed by atoms with Crippen LogP contribution in [0.2, 0.25) is 0 Å². The zero-order chi connectivity index (χ0) is 20.7. The molecule has 2 aromatic heterocycles. The van der Waals surface area contributed by atoms with E-state index in [-0.39, 0.29) is 11.7 Å². The molecule has 8 nitrogen and oxygen atoms in total. The number of anilines is 1. The third-order valence-corrected chi connectivity index (χ3v) is 6.90. The highest BCUT2D eigenvalue weighted by molar-refractivity contribution is 7.99. The molecule has 2 aliphatic rings. The number of thiazole rings is 1. The lowest BCUT2D eigenvalue weighted by atomic mass is 10.2. The van der Waals surface area contributed by atoms with Gasteiger partial charge in [-0.05, 0) is 38.8 Å². The molecule has 1 aromatic carbocycles. The monoisotopic (exact) mass is 444 g/mol. The number of carbonyl (C=O) groups excluding carboxylic acids is 1. The molecule has 0 atom stereocenters. The first kappa shape index (κ1) is 19.4. The molecule has 1 saturated carbocycles. The number of ether oxygens (including phenoxy) is 2. The van der Waals surface area contributed by atoms with Crippen LogP contribution in [0, 0.1) is 13.8 Å². The summed E-state index contributed by atoms with van der Waals surface area (Å²) in [5.41, 5.74) is 1.53. The van der Waals surface area contributed by atoms with Gasteiger partial charge in [0.15, 0.2) is 11.5 Å². The Labute approximate surface area is 181 Å². The Hall–Kier alpha value is -2.59. The Bertz CT molecular complexity index is 1100. The van der Waals surface area contributed by atoms with E-state index in [9.17, 15) is 4.79 Å². The van der Waals surface area contributed by atoms with Crippen LogP contribution in [0.4, 0.5) is 5.69 Å². The number of benzene rings is 1. The van der Waals surface area contributed by atoms with Gasteiger partial charge in [0.05, 0.1) is 16.5 Å². The summed E-state index contributed by atoms with van der Waals surface area (Å²) in [6.45, 7) is 3.84. The molecule has 3 aromatic rings. The molecule has 1 aliphatic carbocycles. The first-order valence-electron chi connectivity index (χ1n) is 9.72. The number of thioether (sulfide) groups is 1. The van der Waals surface area contributed by atoms with Crippen LogP contribution in [-0.4, -0.2) is 32.6 Å². The Morgan fingerprint density at radius 3 is 2.77 bits per heavy atom. The molecule has 1 amide bonds. The summed E-state index contributed by atoms with van der Waals surface area (Å²) in [7, 11) is 0. The van der Waals surface area contributed by atoms with Crippen molar-refractivity contribution < 1.29 is 18.7 Å². The second kappa shape index (κ2) is 7.59. The Morgan fingerprint density at radius 1 is 1.20 bits per heavy atom.